The molecule has 186 valence electrons. The molecule has 0 saturated carbocycles. The van der Waals surface area contributed by atoms with Crippen LogP contribution in [0.15, 0.2) is 24.3 Å². The van der Waals surface area contributed by atoms with Gasteiger partial charge in [0.2, 0.25) is 0 Å². The lowest BCUT2D eigenvalue weighted by Crippen LogP contribution is -2.55. The van der Waals surface area contributed by atoms with E-state index in [-0.39, 0.29) is 59.3 Å². The maximum absolute atomic E-state index is 13.3. The number of carbonyl (C=O) groups excluding carboxylic acids is 2. The average molecular weight is 485 g/mol. The van der Waals surface area contributed by atoms with Crippen LogP contribution in [0.3, 0.4) is 0 Å². The van der Waals surface area contributed by atoms with Gasteiger partial charge in [0.25, 0.3) is 0 Å². The van der Waals surface area contributed by atoms with Crippen LogP contribution in [0.2, 0.25) is 0 Å². The average Bonchev–Trinajstić information content (AvgIpc) is 2.82. The van der Waals surface area contributed by atoms with Crippen molar-refractivity contribution in [2.24, 2.45) is 5.73 Å². The van der Waals surface area contributed by atoms with Crippen LogP contribution in [0.25, 0.3) is 0 Å². The highest BCUT2D eigenvalue weighted by Crippen LogP contribution is 2.51. The second-order valence-electron chi connectivity index (χ2n) is 9.59. The fourth-order valence-electron chi connectivity index (χ4n) is 5.21. The minimum Gasteiger partial charge on any atom is -0.507 e. The molecule has 1 fully saturated rings. The first kappa shape index (κ1) is 23.9. The van der Waals surface area contributed by atoms with Gasteiger partial charge >= 0.3 is 0 Å². The van der Waals surface area contributed by atoms with Crippen molar-refractivity contribution in [1.29, 1.82) is 0 Å². The summed E-state index contributed by atoms with van der Waals surface area (Å²) >= 11 is 0. The van der Waals surface area contributed by atoms with Gasteiger partial charge in [0, 0.05) is 34.2 Å². The summed E-state index contributed by atoms with van der Waals surface area (Å²) in [6, 6.07) is 6.15. The molecular weight excluding hydrogens is 458 g/mol. The van der Waals surface area contributed by atoms with E-state index in [0.29, 0.717) is 0 Å². The molecule has 10 heteroatoms. The number of aliphatic hydroxyl groups excluding tert-OH is 3. The van der Waals surface area contributed by atoms with E-state index in [1.54, 1.807) is 12.1 Å². The summed E-state index contributed by atoms with van der Waals surface area (Å²) in [4.78, 5) is 26.6. The SMILES string of the molecule is CC(O)[C@@]1(N)Cc2c(O)c3c(c(O)c2C(O[C@@H]2C[C@H](O)[C@@H](O)CO2)C1)C(=O)c1ccccc1C3=O. The second kappa shape index (κ2) is 8.37. The van der Waals surface area contributed by atoms with Gasteiger partial charge in [-0.3, -0.25) is 9.59 Å². The van der Waals surface area contributed by atoms with Crippen molar-refractivity contribution in [3.05, 3.63) is 57.6 Å². The molecule has 0 spiro atoms. The maximum Gasteiger partial charge on any atom is 0.198 e. The van der Waals surface area contributed by atoms with E-state index >= 15 is 0 Å². The topological polar surface area (TPSA) is 180 Å². The molecule has 2 aromatic rings. The monoisotopic (exact) mass is 485 g/mol. The predicted molar refractivity (Wildman–Crippen MR) is 120 cm³/mol. The van der Waals surface area contributed by atoms with Gasteiger partial charge in [-0.1, -0.05) is 24.3 Å². The number of nitrogens with two attached hydrogens (primary N) is 1. The Morgan fingerprint density at radius 1 is 1.06 bits per heavy atom. The number of rotatable bonds is 3. The molecule has 0 bridgehead atoms. The van der Waals surface area contributed by atoms with Crippen LogP contribution in [-0.2, 0) is 15.9 Å². The Morgan fingerprint density at radius 3 is 2.23 bits per heavy atom. The van der Waals surface area contributed by atoms with Gasteiger partial charge in [0.05, 0.1) is 36.0 Å². The molecule has 1 saturated heterocycles. The second-order valence-corrected chi connectivity index (χ2v) is 9.59. The third-order valence-corrected chi connectivity index (χ3v) is 7.33. The fourth-order valence-corrected chi connectivity index (χ4v) is 5.21. The van der Waals surface area contributed by atoms with E-state index in [0.717, 1.165) is 0 Å². The van der Waals surface area contributed by atoms with Crippen LogP contribution in [-0.4, -0.2) is 73.8 Å². The lowest BCUT2D eigenvalue weighted by Gasteiger charge is -2.43. The molecule has 0 aromatic heterocycles. The molecule has 10 nitrogen and oxygen atoms in total. The Hall–Kier alpha value is -2.86. The molecule has 3 aliphatic rings. The van der Waals surface area contributed by atoms with Gasteiger partial charge in [-0.25, -0.2) is 0 Å². The van der Waals surface area contributed by atoms with Crippen molar-refractivity contribution < 1.29 is 44.6 Å². The molecule has 5 rings (SSSR count). The Morgan fingerprint density at radius 2 is 1.66 bits per heavy atom. The largest absolute Gasteiger partial charge is 0.507 e. The van der Waals surface area contributed by atoms with Crippen LogP contribution >= 0.6 is 0 Å². The third-order valence-electron chi connectivity index (χ3n) is 7.33. The summed E-state index contributed by atoms with van der Waals surface area (Å²) in [7, 11) is 0. The maximum atomic E-state index is 13.3. The van der Waals surface area contributed by atoms with Crippen molar-refractivity contribution >= 4 is 11.6 Å². The number of hydrogen-bond donors (Lipinski definition) is 6. The number of fused-ring (bicyclic) bond motifs is 3. The molecule has 35 heavy (non-hydrogen) atoms. The van der Waals surface area contributed by atoms with E-state index in [9.17, 15) is 35.1 Å². The van der Waals surface area contributed by atoms with Crippen molar-refractivity contribution in [2.45, 2.75) is 62.4 Å². The van der Waals surface area contributed by atoms with Crippen molar-refractivity contribution in [3.63, 3.8) is 0 Å². The summed E-state index contributed by atoms with van der Waals surface area (Å²) in [5.74, 6) is -2.22. The van der Waals surface area contributed by atoms with E-state index < -0.39 is 59.3 Å². The highest BCUT2D eigenvalue weighted by molar-refractivity contribution is 6.30. The fraction of sp³-hybridized carbons (Fsp3) is 0.440. The number of phenolic OH excluding ortho intramolecular Hbond substituents is 2. The number of aliphatic hydroxyl groups is 3. The van der Waals surface area contributed by atoms with Gasteiger partial charge in [0.15, 0.2) is 17.9 Å². The Bertz CT molecular complexity index is 1230. The first-order valence-corrected chi connectivity index (χ1v) is 11.4. The standard InChI is InChI=1S/C25H27NO9/c1-10(27)25(26)7-13-18(16(8-25)35-17-6-14(28)15(29)9-34-17)24(33)20-19(23(13)32)21(30)11-4-2-3-5-12(11)22(20)31/h2-5,10,14-17,27-29,32-33H,6-9,26H2,1H3/t10?,14-,15-,16?,17+,25+/m0/s1. The van der Waals surface area contributed by atoms with Crippen LogP contribution in [0, 0.1) is 0 Å². The molecule has 0 radical (unpaired) electrons. The summed E-state index contributed by atoms with van der Waals surface area (Å²) < 4.78 is 11.5. The number of carbonyl (C=O) groups is 2. The van der Waals surface area contributed by atoms with Crippen LogP contribution < -0.4 is 5.73 Å². The number of ether oxygens (including phenoxy) is 2. The number of hydrogen-bond acceptors (Lipinski definition) is 10. The molecule has 0 amide bonds. The van der Waals surface area contributed by atoms with Crippen molar-refractivity contribution in [3.8, 4) is 11.5 Å². The molecule has 1 aliphatic heterocycles. The molecular formula is C25H27NO9. The molecule has 2 aliphatic carbocycles. The normalized spacial score (nSPS) is 30.9. The summed E-state index contributed by atoms with van der Waals surface area (Å²) in [6.07, 6.45) is -5.45. The summed E-state index contributed by atoms with van der Waals surface area (Å²) in [5, 5.41) is 52.8. The van der Waals surface area contributed by atoms with Gasteiger partial charge < -0.3 is 40.7 Å². The van der Waals surface area contributed by atoms with Crippen LogP contribution in [0.5, 0.6) is 11.5 Å². The number of phenols is 2. The third kappa shape index (κ3) is 3.65. The zero-order valence-corrected chi connectivity index (χ0v) is 19.0. The minimum atomic E-state index is -1.30. The number of benzene rings is 2. The smallest absolute Gasteiger partial charge is 0.198 e. The summed E-state index contributed by atoms with van der Waals surface area (Å²) in [6.45, 7) is 1.31. The van der Waals surface area contributed by atoms with E-state index in [4.69, 9.17) is 15.2 Å². The minimum absolute atomic E-state index is 0.0132. The van der Waals surface area contributed by atoms with Crippen molar-refractivity contribution in [2.75, 3.05) is 6.61 Å². The number of ketones is 2. The molecule has 2 unspecified atom stereocenters. The Kier molecular flexibility index (Phi) is 5.71. The van der Waals surface area contributed by atoms with Gasteiger partial charge in [-0.05, 0) is 19.8 Å². The highest BCUT2D eigenvalue weighted by Gasteiger charge is 2.47. The molecule has 7 N–H and O–H groups in total. The zero-order chi connectivity index (χ0) is 25.2. The lowest BCUT2D eigenvalue weighted by molar-refractivity contribution is -0.239. The van der Waals surface area contributed by atoms with E-state index in [1.807, 2.05) is 0 Å². The van der Waals surface area contributed by atoms with Gasteiger partial charge in [0.1, 0.15) is 17.6 Å². The number of aromatic hydroxyl groups is 2. The lowest BCUT2D eigenvalue weighted by atomic mass is 9.70. The van der Waals surface area contributed by atoms with Crippen LogP contribution in [0.4, 0.5) is 0 Å². The molecule has 6 atom stereocenters. The Labute approximate surface area is 200 Å². The van der Waals surface area contributed by atoms with Crippen LogP contribution in [0.1, 0.15) is 68.8 Å². The Balaban J connectivity index is 1.66. The van der Waals surface area contributed by atoms with E-state index in [2.05, 4.69) is 0 Å². The van der Waals surface area contributed by atoms with E-state index in [1.165, 1.54) is 19.1 Å². The van der Waals surface area contributed by atoms with Gasteiger partial charge in [-0.15, -0.1) is 0 Å². The van der Waals surface area contributed by atoms with Crippen molar-refractivity contribution in [1.82, 2.24) is 0 Å². The predicted octanol–water partition coefficient (Wildman–Crippen LogP) is 0.424. The molecule has 1 heterocycles. The highest BCUT2D eigenvalue weighted by atomic mass is 16.7. The first-order valence-electron chi connectivity index (χ1n) is 11.4. The quantitative estimate of drug-likeness (QED) is 0.285. The molecule has 2 aromatic carbocycles. The zero-order valence-electron chi connectivity index (χ0n) is 19.0. The summed E-state index contributed by atoms with van der Waals surface area (Å²) in [5.41, 5.74) is 4.95. The first-order chi connectivity index (χ1) is 16.5. The van der Waals surface area contributed by atoms with Gasteiger partial charge in [-0.2, -0.15) is 0 Å².